The molecule has 0 aliphatic rings. The van der Waals surface area contributed by atoms with Gasteiger partial charge in [-0.2, -0.15) is 0 Å². The molecule has 0 radical (unpaired) electrons. The van der Waals surface area contributed by atoms with E-state index in [0.29, 0.717) is 28.0 Å². The maximum atomic E-state index is 12.0. The molecule has 2 rings (SSSR count). The maximum Gasteiger partial charge on any atom is 0.234 e. The zero-order valence-corrected chi connectivity index (χ0v) is 14.7. The van der Waals surface area contributed by atoms with Crippen LogP contribution in [0.2, 0.25) is 5.02 Å². The minimum atomic E-state index is -0.111. The first-order chi connectivity index (χ1) is 11.0. The van der Waals surface area contributed by atoms with Gasteiger partial charge >= 0.3 is 0 Å². The Morgan fingerprint density at radius 3 is 2.91 bits per heavy atom. The van der Waals surface area contributed by atoms with E-state index in [1.807, 2.05) is 13.8 Å². The third-order valence-corrected chi connectivity index (χ3v) is 4.17. The highest BCUT2D eigenvalue weighted by Crippen LogP contribution is 2.27. The van der Waals surface area contributed by atoms with Gasteiger partial charge in [0.1, 0.15) is 5.75 Å². The second-order valence-corrected chi connectivity index (χ2v) is 6.42. The van der Waals surface area contributed by atoms with Crippen LogP contribution in [-0.4, -0.2) is 39.0 Å². The second-order valence-electron chi connectivity index (χ2n) is 5.02. The summed E-state index contributed by atoms with van der Waals surface area (Å²) in [6.45, 7) is 4.01. The molecule has 1 aromatic heterocycles. The molecule has 1 amide bonds. The Labute approximate surface area is 143 Å². The molecule has 23 heavy (non-hydrogen) atoms. The Kier molecular flexibility index (Phi) is 6.23. The van der Waals surface area contributed by atoms with Gasteiger partial charge in [-0.05, 0) is 42.5 Å². The number of nitrogens with one attached hydrogen (secondary N) is 1. The van der Waals surface area contributed by atoms with Crippen LogP contribution in [0.4, 0.5) is 5.69 Å². The second kappa shape index (κ2) is 8.16. The Hall–Kier alpha value is -1.80. The number of nitrogens with zero attached hydrogens (tertiary/aromatic N) is 4. The molecule has 0 fully saturated rings. The number of carbonyl (C=O) groups is 1. The Morgan fingerprint density at radius 1 is 1.48 bits per heavy atom. The number of carbonyl (C=O) groups excluding carboxylic acids is 1. The van der Waals surface area contributed by atoms with Crippen molar-refractivity contribution in [2.24, 2.45) is 0 Å². The number of halogens is 1. The number of thioether (sulfide) groups is 1. The number of methoxy groups -OCH3 is 1. The van der Waals surface area contributed by atoms with Gasteiger partial charge in [-0.3, -0.25) is 4.79 Å². The summed E-state index contributed by atoms with van der Waals surface area (Å²) < 4.78 is 6.82. The summed E-state index contributed by atoms with van der Waals surface area (Å²) in [5.41, 5.74) is 0.633. The fourth-order valence-corrected chi connectivity index (χ4v) is 2.87. The predicted molar refractivity (Wildman–Crippen MR) is 91.0 cm³/mol. The monoisotopic (exact) mass is 355 g/mol. The van der Waals surface area contributed by atoms with Crippen molar-refractivity contribution in [1.29, 1.82) is 0 Å². The van der Waals surface area contributed by atoms with Crippen molar-refractivity contribution in [1.82, 2.24) is 20.2 Å². The molecule has 2 aromatic rings. The normalized spacial score (nSPS) is 10.8. The fraction of sp³-hybridized carbons (Fsp3) is 0.429. The minimum Gasteiger partial charge on any atom is -0.495 e. The van der Waals surface area contributed by atoms with Gasteiger partial charge < -0.3 is 10.1 Å². The van der Waals surface area contributed by atoms with Gasteiger partial charge in [0.25, 0.3) is 0 Å². The summed E-state index contributed by atoms with van der Waals surface area (Å²) in [6.07, 6.45) is 0. The molecule has 9 heteroatoms. The first kappa shape index (κ1) is 17.6. The van der Waals surface area contributed by atoms with E-state index in [1.54, 1.807) is 30.0 Å². The summed E-state index contributed by atoms with van der Waals surface area (Å²) in [5.74, 6) is 2.08. The lowest BCUT2D eigenvalue weighted by molar-refractivity contribution is -0.113. The Morgan fingerprint density at radius 2 is 2.26 bits per heavy atom. The van der Waals surface area contributed by atoms with E-state index in [0.717, 1.165) is 5.82 Å². The maximum absolute atomic E-state index is 12.0. The summed E-state index contributed by atoms with van der Waals surface area (Å²) in [5, 5.41) is 14.8. The number of rotatable bonds is 7. The summed E-state index contributed by atoms with van der Waals surface area (Å²) in [6, 6.07) is 5.30. The lowest BCUT2D eigenvalue weighted by Gasteiger charge is -2.09. The number of amides is 1. The van der Waals surface area contributed by atoms with Crippen LogP contribution in [0.25, 0.3) is 0 Å². The van der Waals surface area contributed by atoms with E-state index in [4.69, 9.17) is 16.3 Å². The van der Waals surface area contributed by atoms with Crippen molar-refractivity contribution in [3.05, 3.63) is 29.0 Å². The third kappa shape index (κ3) is 4.84. The van der Waals surface area contributed by atoms with Gasteiger partial charge in [-0.1, -0.05) is 11.6 Å². The highest BCUT2D eigenvalue weighted by Gasteiger charge is 2.11. The smallest absolute Gasteiger partial charge is 0.234 e. The van der Waals surface area contributed by atoms with Crippen LogP contribution in [0.1, 0.15) is 25.7 Å². The first-order valence-corrected chi connectivity index (χ1v) is 8.52. The number of benzene rings is 1. The standard InChI is InChI=1S/C14H18ClN5O2S/c1-9(2)20-13(17-18-19-20)7-23-8-14(21)16-10-4-5-12(22-3)11(15)6-10/h4-6,9H,7-8H2,1-3H3,(H,16,21). The van der Waals surface area contributed by atoms with Crippen LogP contribution < -0.4 is 10.1 Å². The summed E-state index contributed by atoms with van der Waals surface area (Å²) in [7, 11) is 1.54. The van der Waals surface area contributed by atoms with E-state index in [2.05, 4.69) is 20.8 Å². The molecule has 0 saturated carbocycles. The molecule has 0 bridgehead atoms. The number of tetrazole rings is 1. The zero-order valence-electron chi connectivity index (χ0n) is 13.1. The topological polar surface area (TPSA) is 81.9 Å². The van der Waals surface area contributed by atoms with Crippen molar-refractivity contribution >= 4 is 35.0 Å². The van der Waals surface area contributed by atoms with Crippen LogP contribution in [0.5, 0.6) is 5.75 Å². The van der Waals surface area contributed by atoms with Crippen molar-refractivity contribution in [2.75, 3.05) is 18.2 Å². The Balaban J connectivity index is 1.83. The highest BCUT2D eigenvalue weighted by molar-refractivity contribution is 7.99. The zero-order chi connectivity index (χ0) is 16.8. The van der Waals surface area contributed by atoms with Gasteiger partial charge in [-0.15, -0.1) is 16.9 Å². The van der Waals surface area contributed by atoms with Crippen molar-refractivity contribution in [3.63, 3.8) is 0 Å². The molecule has 0 atom stereocenters. The summed E-state index contributed by atoms with van der Waals surface area (Å²) in [4.78, 5) is 12.0. The van der Waals surface area contributed by atoms with Crippen molar-refractivity contribution in [3.8, 4) is 5.75 Å². The lowest BCUT2D eigenvalue weighted by Crippen LogP contribution is -2.15. The average Bonchev–Trinajstić information content (AvgIpc) is 2.96. The van der Waals surface area contributed by atoms with Crippen LogP contribution >= 0.6 is 23.4 Å². The molecule has 124 valence electrons. The molecule has 0 unspecified atom stereocenters. The highest BCUT2D eigenvalue weighted by atomic mass is 35.5. The van der Waals surface area contributed by atoms with E-state index in [9.17, 15) is 4.79 Å². The molecular formula is C14H18ClN5O2S. The number of anilines is 1. The van der Waals surface area contributed by atoms with Gasteiger partial charge in [0, 0.05) is 5.69 Å². The van der Waals surface area contributed by atoms with Gasteiger partial charge in [0.05, 0.1) is 29.7 Å². The average molecular weight is 356 g/mol. The minimum absolute atomic E-state index is 0.111. The Bertz CT molecular complexity index is 677. The van der Waals surface area contributed by atoms with Gasteiger partial charge in [0.15, 0.2) is 5.82 Å². The van der Waals surface area contributed by atoms with Crippen molar-refractivity contribution < 1.29 is 9.53 Å². The van der Waals surface area contributed by atoms with E-state index < -0.39 is 0 Å². The third-order valence-electron chi connectivity index (χ3n) is 2.95. The summed E-state index contributed by atoms with van der Waals surface area (Å²) >= 11 is 7.47. The molecule has 1 heterocycles. The van der Waals surface area contributed by atoms with E-state index in [-0.39, 0.29) is 11.9 Å². The first-order valence-electron chi connectivity index (χ1n) is 6.99. The van der Waals surface area contributed by atoms with E-state index in [1.165, 1.54) is 11.8 Å². The molecule has 7 nitrogen and oxygen atoms in total. The number of ether oxygens (including phenoxy) is 1. The van der Waals surface area contributed by atoms with Gasteiger partial charge in [0.2, 0.25) is 5.91 Å². The van der Waals surface area contributed by atoms with Crippen LogP contribution in [0.15, 0.2) is 18.2 Å². The number of hydrogen-bond acceptors (Lipinski definition) is 6. The lowest BCUT2D eigenvalue weighted by atomic mass is 10.3. The largest absolute Gasteiger partial charge is 0.495 e. The van der Waals surface area contributed by atoms with Crippen molar-refractivity contribution in [2.45, 2.75) is 25.6 Å². The fourth-order valence-electron chi connectivity index (χ4n) is 1.88. The van der Waals surface area contributed by atoms with Crippen LogP contribution in [0.3, 0.4) is 0 Å². The number of hydrogen-bond donors (Lipinski definition) is 1. The molecule has 0 spiro atoms. The molecule has 1 aromatic carbocycles. The quantitative estimate of drug-likeness (QED) is 0.822. The molecule has 1 N–H and O–H groups in total. The van der Waals surface area contributed by atoms with Crippen LogP contribution in [-0.2, 0) is 10.5 Å². The van der Waals surface area contributed by atoms with Gasteiger partial charge in [-0.25, -0.2) is 4.68 Å². The SMILES string of the molecule is COc1ccc(NC(=O)CSCc2nnnn2C(C)C)cc1Cl. The molecular weight excluding hydrogens is 338 g/mol. The number of aromatic nitrogens is 4. The van der Waals surface area contributed by atoms with E-state index >= 15 is 0 Å². The predicted octanol–water partition coefficient (Wildman–Crippen LogP) is 2.79. The van der Waals surface area contributed by atoms with Crippen LogP contribution in [0, 0.1) is 0 Å². The molecule has 0 aliphatic carbocycles. The molecule has 0 aliphatic heterocycles. The molecule has 0 saturated heterocycles.